The number of rotatable bonds is 4. The van der Waals surface area contributed by atoms with E-state index >= 15 is 0 Å². The first-order chi connectivity index (χ1) is 13.1. The quantitative estimate of drug-likeness (QED) is 0.688. The number of fused-ring (bicyclic) bond motifs is 2. The maximum atomic E-state index is 12.5. The molecule has 27 heavy (non-hydrogen) atoms. The third-order valence-electron chi connectivity index (χ3n) is 4.72. The van der Waals surface area contributed by atoms with Gasteiger partial charge in [-0.25, -0.2) is 4.79 Å². The van der Waals surface area contributed by atoms with Crippen LogP contribution in [0.4, 0.5) is 11.4 Å². The lowest BCUT2D eigenvalue weighted by atomic mass is 10.1. The predicted molar refractivity (Wildman–Crippen MR) is 103 cm³/mol. The molecule has 0 bridgehead atoms. The lowest BCUT2D eigenvalue weighted by Crippen LogP contribution is -2.09. The van der Waals surface area contributed by atoms with Crippen molar-refractivity contribution in [3.63, 3.8) is 0 Å². The Labute approximate surface area is 157 Å². The average Bonchev–Trinajstić information content (AvgIpc) is 3.11. The van der Waals surface area contributed by atoms with Crippen LogP contribution in [0.1, 0.15) is 28.4 Å². The van der Waals surface area contributed by atoms with E-state index in [1.165, 1.54) is 6.20 Å². The molecule has 0 unspecified atom stereocenters. The van der Waals surface area contributed by atoms with Gasteiger partial charge in [0.05, 0.1) is 17.8 Å². The van der Waals surface area contributed by atoms with Crippen molar-refractivity contribution in [2.75, 3.05) is 18.7 Å². The number of nitrogens with one attached hydrogen (secondary N) is 1. The highest BCUT2D eigenvalue weighted by atomic mass is 16.7. The SMILES string of the molecule is CCOC(=O)c1cnc2cc3c(cc2c1Nc1cccc(C)c1C)OCO3. The highest BCUT2D eigenvalue weighted by molar-refractivity contribution is 6.07. The summed E-state index contributed by atoms with van der Waals surface area (Å²) < 4.78 is 16.2. The molecule has 0 radical (unpaired) electrons. The molecule has 138 valence electrons. The van der Waals surface area contributed by atoms with E-state index < -0.39 is 5.97 Å². The molecule has 1 aliphatic heterocycles. The van der Waals surface area contributed by atoms with Crippen molar-refractivity contribution in [3.8, 4) is 11.5 Å². The van der Waals surface area contributed by atoms with Gasteiger partial charge in [-0.05, 0) is 44.0 Å². The van der Waals surface area contributed by atoms with Gasteiger partial charge in [0.1, 0.15) is 5.56 Å². The second-order valence-corrected chi connectivity index (χ2v) is 6.36. The Kier molecular flexibility index (Phi) is 4.32. The summed E-state index contributed by atoms with van der Waals surface area (Å²) in [6, 6.07) is 9.68. The van der Waals surface area contributed by atoms with Crippen LogP contribution < -0.4 is 14.8 Å². The van der Waals surface area contributed by atoms with Gasteiger partial charge >= 0.3 is 5.97 Å². The molecule has 4 rings (SSSR count). The Morgan fingerprint density at radius 3 is 2.78 bits per heavy atom. The predicted octanol–water partition coefficient (Wildman–Crippen LogP) is 4.50. The summed E-state index contributed by atoms with van der Waals surface area (Å²) in [5, 5.41) is 4.19. The van der Waals surface area contributed by atoms with Crippen LogP contribution in [0.5, 0.6) is 11.5 Å². The number of ether oxygens (including phenoxy) is 3. The fourth-order valence-corrected chi connectivity index (χ4v) is 3.10. The Morgan fingerprint density at radius 1 is 1.22 bits per heavy atom. The van der Waals surface area contributed by atoms with E-state index in [1.807, 2.05) is 31.2 Å². The Bertz CT molecular complexity index is 1050. The van der Waals surface area contributed by atoms with E-state index in [2.05, 4.69) is 23.3 Å². The van der Waals surface area contributed by atoms with E-state index in [4.69, 9.17) is 14.2 Å². The van der Waals surface area contributed by atoms with Crippen LogP contribution in [-0.4, -0.2) is 24.4 Å². The van der Waals surface area contributed by atoms with E-state index in [0.29, 0.717) is 34.9 Å². The van der Waals surface area contributed by atoms with Gasteiger partial charge in [0.25, 0.3) is 0 Å². The number of esters is 1. The lowest BCUT2D eigenvalue weighted by molar-refractivity contribution is 0.0527. The van der Waals surface area contributed by atoms with Gasteiger partial charge < -0.3 is 19.5 Å². The van der Waals surface area contributed by atoms with Gasteiger partial charge in [-0.1, -0.05) is 12.1 Å². The van der Waals surface area contributed by atoms with E-state index in [-0.39, 0.29) is 6.79 Å². The molecule has 6 nitrogen and oxygen atoms in total. The Hall–Kier alpha value is -3.28. The van der Waals surface area contributed by atoms with Crippen LogP contribution in [0.25, 0.3) is 10.9 Å². The van der Waals surface area contributed by atoms with Crippen LogP contribution in [0.2, 0.25) is 0 Å². The molecule has 0 saturated carbocycles. The minimum Gasteiger partial charge on any atom is -0.462 e. The number of anilines is 2. The van der Waals surface area contributed by atoms with E-state index in [9.17, 15) is 4.79 Å². The van der Waals surface area contributed by atoms with Crippen molar-refractivity contribution < 1.29 is 19.0 Å². The number of aryl methyl sites for hydroxylation is 1. The van der Waals surface area contributed by atoms with Gasteiger partial charge in [-0.2, -0.15) is 0 Å². The smallest absolute Gasteiger partial charge is 0.341 e. The minimum atomic E-state index is -0.419. The number of aromatic nitrogens is 1. The summed E-state index contributed by atoms with van der Waals surface area (Å²) >= 11 is 0. The standard InChI is InChI=1S/C21H20N2O4/c1-4-25-21(24)15-10-22-17-9-19-18(26-11-27-19)8-14(17)20(15)23-16-7-5-6-12(2)13(16)3/h5-10H,4,11H2,1-3H3,(H,22,23). The summed E-state index contributed by atoms with van der Waals surface area (Å²) in [6.45, 7) is 6.34. The molecular weight excluding hydrogens is 344 g/mol. The van der Waals surface area contributed by atoms with Crippen LogP contribution in [0.3, 0.4) is 0 Å². The fourth-order valence-electron chi connectivity index (χ4n) is 3.10. The molecule has 1 aliphatic rings. The fraction of sp³-hybridized carbons (Fsp3) is 0.238. The van der Waals surface area contributed by atoms with Gasteiger partial charge in [0, 0.05) is 23.3 Å². The second kappa shape index (κ2) is 6.79. The van der Waals surface area contributed by atoms with E-state index in [1.54, 1.807) is 6.92 Å². The summed E-state index contributed by atoms with van der Waals surface area (Å²) in [5.41, 5.74) is 4.92. The van der Waals surface area contributed by atoms with Crippen molar-refractivity contribution in [2.45, 2.75) is 20.8 Å². The van der Waals surface area contributed by atoms with E-state index in [0.717, 1.165) is 22.2 Å². The summed E-state index contributed by atoms with van der Waals surface area (Å²) in [6.07, 6.45) is 1.54. The number of carbonyl (C=O) groups excluding carboxylic acids is 1. The maximum Gasteiger partial charge on any atom is 0.341 e. The molecule has 0 spiro atoms. The van der Waals surface area contributed by atoms with Crippen LogP contribution >= 0.6 is 0 Å². The van der Waals surface area contributed by atoms with Crippen molar-refractivity contribution in [2.24, 2.45) is 0 Å². The molecular formula is C21H20N2O4. The van der Waals surface area contributed by atoms with Crippen molar-refractivity contribution in [3.05, 3.63) is 53.2 Å². The molecule has 0 aliphatic carbocycles. The minimum absolute atomic E-state index is 0.177. The molecule has 3 aromatic rings. The highest BCUT2D eigenvalue weighted by Crippen LogP contribution is 2.40. The topological polar surface area (TPSA) is 69.7 Å². The van der Waals surface area contributed by atoms with Gasteiger partial charge in [0.15, 0.2) is 11.5 Å². The number of benzene rings is 2. The van der Waals surface area contributed by atoms with Crippen LogP contribution in [-0.2, 0) is 4.74 Å². The first-order valence-corrected chi connectivity index (χ1v) is 8.81. The van der Waals surface area contributed by atoms with Crippen LogP contribution in [0.15, 0.2) is 36.5 Å². The van der Waals surface area contributed by atoms with Crippen molar-refractivity contribution in [1.82, 2.24) is 4.98 Å². The molecule has 0 fully saturated rings. The molecule has 2 heterocycles. The maximum absolute atomic E-state index is 12.5. The van der Waals surface area contributed by atoms with Gasteiger partial charge in [-0.15, -0.1) is 0 Å². The molecule has 1 N–H and O–H groups in total. The highest BCUT2D eigenvalue weighted by Gasteiger charge is 2.21. The number of pyridine rings is 1. The number of nitrogens with zero attached hydrogens (tertiary/aromatic N) is 1. The molecule has 1 aromatic heterocycles. The average molecular weight is 364 g/mol. The third kappa shape index (κ3) is 3.03. The third-order valence-corrected chi connectivity index (χ3v) is 4.72. The zero-order valence-corrected chi connectivity index (χ0v) is 15.5. The monoisotopic (exact) mass is 364 g/mol. The largest absolute Gasteiger partial charge is 0.462 e. The molecule has 0 saturated heterocycles. The van der Waals surface area contributed by atoms with Gasteiger partial charge in [-0.3, -0.25) is 4.98 Å². The van der Waals surface area contributed by atoms with Gasteiger partial charge in [0.2, 0.25) is 6.79 Å². The number of carbonyl (C=O) groups is 1. The molecule has 0 amide bonds. The lowest BCUT2D eigenvalue weighted by Gasteiger charge is -2.16. The first kappa shape index (κ1) is 17.1. The summed E-state index contributed by atoms with van der Waals surface area (Å²) in [7, 11) is 0. The molecule has 0 atom stereocenters. The Balaban J connectivity index is 1.92. The Morgan fingerprint density at radius 2 is 2.00 bits per heavy atom. The summed E-state index contributed by atoms with van der Waals surface area (Å²) in [4.78, 5) is 17.0. The number of hydrogen-bond acceptors (Lipinski definition) is 6. The zero-order valence-electron chi connectivity index (χ0n) is 15.5. The normalized spacial score (nSPS) is 12.3. The van der Waals surface area contributed by atoms with Crippen molar-refractivity contribution >= 4 is 28.2 Å². The summed E-state index contributed by atoms with van der Waals surface area (Å²) in [5.74, 6) is 0.864. The second-order valence-electron chi connectivity index (χ2n) is 6.36. The van der Waals surface area contributed by atoms with Crippen molar-refractivity contribution in [1.29, 1.82) is 0 Å². The first-order valence-electron chi connectivity index (χ1n) is 8.81. The zero-order chi connectivity index (χ0) is 19.0. The molecule has 2 aromatic carbocycles. The number of hydrogen-bond donors (Lipinski definition) is 1. The van der Waals surface area contributed by atoms with Crippen LogP contribution in [0, 0.1) is 13.8 Å². The molecule has 6 heteroatoms.